The van der Waals surface area contributed by atoms with Gasteiger partial charge in [0.1, 0.15) is 11.5 Å². The number of carbonyl (C=O) groups is 2. The molecule has 2 heterocycles. The quantitative estimate of drug-likeness (QED) is 0.728. The molecule has 2 amide bonds. The number of anilines is 2. The van der Waals surface area contributed by atoms with Crippen molar-refractivity contribution < 1.29 is 27.5 Å². The van der Waals surface area contributed by atoms with E-state index in [4.69, 9.17) is 9.47 Å². The number of carbonyl (C=O) groups excluding carboxylic acids is 2. The summed E-state index contributed by atoms with van der Waals surface area (Å²) in [7, 11) is -2.20. The van der Waals surface area contributed by atoms with E-state index in [0.717, 1.165) is 0 Å². The minimum Gasteiger partial charge on any atom is -0.495 e. The lowest BCUT2D eigenvalue weighted by atomic mass is 9.97. The molecule has 1 fully saturated rings. The number of rotatable bonds is 5. The van der Waals surface area contributed by atoms with Crippen LogP contribution in [-0.2, 0) is 19.6 Å². The van der Waals surface area contributed by atoms with Crippen LogP contribution in [0.2, 0.25) is 0 Å². The Kier molecular flexibility index (Phi) is 5.84. The Morgan fingerprint density at radius 1 is 1.19 bits per heavy atom. The molecule has 0 radical (unpaired) electrons. The average molecular weight is 445 g/mol. The Balaban J connectivity index is 1.41. The summed E-state index contributed by atoms with van der Waals surface area (Å²) in [5.41, 5.74) is 1.04. The average Bonchev–Trinajstić information content (AvgIpc) is 2.79. The van der Waals surface area contributed by atoms with Gasteiger partial charge in [-0.3, -0.25) is 9.59 Å². The molecule has 0 bridgehead atoms. The maximum Gasteiger partial charge on any atom is 0.262 e. The zero-order valence-electron chi connectivity index (χ0n) is 17.0. The van der Waals surface area contributed by atoms with Crippen LogP contribution in [-0.4, -0.2) is 51.3 Å². The molecule has 9 nitrogen and oxygen atoms in total. The van der Waals surface area contributed by atoms with Crippen LogP contribution in [0.15, 0.2) is 47.4 Å². The van der Waals surface area contributed by atoms with E-state index in [1.807, 2.05) is 6.07 Å². The molecule has 0 spiro atoms. The molecule has 0 atom stereocenters. The van der Waals surface area contributed by atoms with E-state index in [-0.39, 0.29) is 42.3 Å². The Hall–Kier alpha value is -3.11. The van der Waals surface area contributed by atoms with E-state index < -0.39 is 10.0 Å². The van der Waals surface area contributed by atoms with Crippen molar-refractivity contribution in [3.8, 4) is 11.5 Å². The van der Waals surface area contributed by atoms with E-state index >= 15 is 0 Å². The molecular formula is C21H23N3O6S. The molecule has 2 aliphatic rings. The summed E-state index contributed by atoms with van der Waals surface area (Å²) in [6.07, 6.45) is 0.829. The lowest BCUT2D eigenvalue weighted by Gasteiger charge is -2.31. The molecule has 0 unspecified atom stereocenters. The van der Waals surface area contributed by atoms with Gasteiger partial charge in [0.05, 0.1) is 23.4 Å². The maximum absolute atomic E-state index is 13.1. The Morgan fingerprint density at radius 2 is 1.94 bits per heavy atom. The van der Waals surface area contributed by atoms with Gasteiger partial charge in [-0.2, -0.15) is 4.31 Å². The summed E-state index contributed by atoms with van der Waals surface area (Å²) in [5, 5.41) is 5.51. The number of nitrogens with one attached hydrogen (secondary N) is 2. The zero-order chi connectivity index (χ0) is 22.0. The molecule has 31 heavy (non-hydrogen) atoms. The van der Waals surface area contributed by atoms with Gasteiger partial charge in [-0.05, 0) is 37.1 Å². The number of piperidine rings is 1. The van der Waals surface area contributed by atoms with Crippen LogP contribution < -0.4 is 20.1 Å². The molecule has 0 saturated carbocycles. The van der Waals surface area contributed by atoms with Gasteiger partial charge < -0.3 is 20.1 Å². The predicted molar refractivity (Wildman–Crippen MR) is 114 cm³/mol. The number of sulfonamides is 1. The molecule has 0 aromatic heterocycles. The second kappa shape index (κ2) is 8.56. The summed E-state index contributed by atoms with van der Waals surface area (Å²) in [4.78, 5) is 24.1. The van der Waals surface area contributed by atoms with Crippen LogP contribution in [0, 0.1) is 5.92 Å². The first-order valence-electron chi connectivity index (χ1n) is 9.89. The smallest absolute Gasteiger partial charge is 0.262 e. The summed E-state index contributed by atoms with van der Waals surface area (Å²) in [6.45, 7) is 0.325. The lowest BCUT2D eigenvalue weighted by molar-refractivity contribution is -0.121. The first kappa shape index (κ1) is 21.1. The minimum atomic E-state index is -3.74. The number of hydrogen-bond donors (Lipinski definition) is 2. The van der Waals surface area contributed by atoms with E-state index in [9.17, 15) is 18.0 Å². The molecule has 2 aromatic rings. The first-order valence-corrected chi connectivity index (χ1v) is 11.3. The van der Waals surface area contributed by atoms with Crippen molar-refractivity contribution in [1.82, 2.24) is 4.31 Å². The third-order valence-corrected chi connectivity index (χ3v) is 7.31. The summed E-state index contributed by atoms with van der Waals surface area (Å²) < 4.78 is 38.1. The fraction of sp³-hybridized carbons (Fsp3) is 0.333. The van der Waals surface area contributed by atoms with Gasteiger partial charge in [-0.25, -0.2) is 8.42 Å². The number of benzene rings is 2. The summed E-state index contributed by atoms with van der Waals surface area (Å²) >= 11 is 0. The number of amides is 2. The van der Waals surface area contributed by atoms with Gasteiger partial charge >= 0.3 is 0 Å². The number of nitrogens with zero attached hydrogens (tertiary/aromatic N) is 1. The summed E-state index contributed by atoms with van der Waals surface area (Å²) in [6, 6.07) is 11.5. The van der Waals surface area contributed by atoms with Crippen LogP contribution >= 0.6 is 0 Å². The van der Waals surface area contributed by atoms with E-state index in [2.05, 4.69) is 10.6 Å². The number of hydrogen-bond acceptors (Lipinski definition) is 6. The van der Waals surface area contributed by atoms with Crippen molar-refractivity contribution in [1.29, 1.82) is 0 Å². The monoisotopic (exact) mass is 445 g/mol. The van der Waals surface area contributed by atoms with Crippen LogP contribution in [0.1, 0.15) is 12.8 Å². The van der Waals surface area contributed by atoms with Crippen LogP contribution in [0.5, 0.6) is 11.5 Å². The normalized spacial score (nSPS) is 17.3. The van der Waals surface area contributed by atoms with Crippen molar-refractivity contribution >= 4 is 33.2 Å². The highest BCUT2D eigenvalue weighted by molar-refractivity contribution is 7.89. The molecule has 164 valence electrons. The molecule has 4 rings (SSSR count). The van der Waals surface area contributed by atoms with Crippen molar-refractivity contribution in [2.75, 3.05) is 37.4 Å². The second-order valence-corrected chi connectivity index (χ2v) is 9.30. The summed E-state index contributed by atoms with van der Waals surface area (Å²) in [5.74, 6) is 0.169. The zero-order valence-corrected chi connectivity index (χ0v) is 17.8. The SMILES string of the molecule is COc1ccccc1NC(=O)C1CCN(S(=O)(=O)c2ccc3c(c2)OCC(=O)N3)CC1. The molecule has 2 aliphatic heterocycles. The third kappa shape index (κ3) is 4.35. The number of methoxy groups -OCH3 is 1. The van der Waals surface area contributed by atoms with Gasteiger partial charge in [0.25, 0.3) is 5.91 Å². The second-order valence-electron chi connectivity index (χ2n) is 7.36. The van der Waals surface area contributed by atoms with E-state index in [0.29, 0.717) is 35.7 Å². The maximum atomic E-state index is 13.1. The standard InChI is InChI=1S/C21H23N3O6S/c1-29-18-5-3-2-4-16(18)23-21(26)14-8-10-24(11-9-14)31(27,28)15-6-7-17-19(12-15)30-13-20(25)22-17/h2-7,12,14H,8-11,13H2,1H3,(H,22,25)(H,23,26). The molecule has 2 aromatic carbocycles. The molecule has 0 aliphatic carbocycles. The number of ether oxygens (including phenoxy) is 2. The van der Waals surface area contributed by atoms with Gasteiger partial charge in [0.2, 0.25) is 15.9 Å². The van der Waals surface area contributed by atoms with Gasteiger partial charge in [-0.15, -0.1) is 0 Å². The van der Waals surface area contributed by atoms with Crippen molar-refractivity contribution in [2.45, 2.75) is 17.7 Å². The Morgan fingerprint density at radius 3 is 2.68 bits per heavy atom. The van der Waals surface area contributed by atoms with Gasteiger partial charge in [0.15, 0.2) is 6.61 Å². The Labute approximate surface area is 180 Å². The number of para-hydroxylation sites is 2. The molecule has 2 N–H and O–H groups in total. The van der Waals surface area contributed by atoms with Crippen molar-refractivity contribution in [3.63, 3.8) is 0 Å². The fourth-order valence-corrected chi connectivity index (χ4v) is 5.19. The van der Waals surface area contributed by atoms with Crippen molar-refractivity contribution in [3.05, 3.63) is 42.5 Å². The van der Waals surface area contributed by atoms with E-state index in [1.54, 1.807) is 18.2 Å². The van der Waals surface area contributed by atoms with Gasteiger partial charge in [0, 0.05) is 25.1 Å². The minimum absolute atomic E-state index is 0.0966. The molecule has 10 heteroatoms. The largest absolute Gasteiger partial charge is 0.495 e. The molecular weight excluding hydrogens is 422 g/mol. The van der Waals surface area contributed by atoms with Crippen LogP contribution in [0.25, 0.3) is 0 Å². The van der Waals surface area contributed by atoms with Crippen LogP contribution in [0.4, 0.5) is 11.4 Å². The predicted octanol–water partition coefficient (Wildman–Crippen LogP) is 2.07. The van der Waals surface area contributed by atoms with E-state index in [1.165, 1.54) is 29.6 Å². The Bertz CT molecular complexity index is 1110. The van der Waals surface area contributed by atoms with Crippen molar-refractivity contribution in [2.24, 2.45) is 5.92 Å². The topological polar surface area (TPSA) is 114 Å². The lowest BCUT2D eigenvalue weighted by Crippen LogP contribution is -2.41. The molecule has 1 saturated heterocycles. The highest BCUT2D eigenvalue weighted by Gasteiger charge is 2.33. The highest BCUT2D eigenvalue weighted by atomic mass is 32.2. The number of fused-ring (bicyclic) bond motifs is 1. The fourth-order valence-electron chi connectivity index (χ4n) is 3.71. The third-order valence-electron chi connectivity index (χ3n) is 5.41. The highest BCUT2D eigenvalue weighted by Crippen LogP contribution is 2.33. The van der Waals surface area contributed by atoms with Crippen LogP contribution in [0.3, 0.4) is 0 Å². The first-order chi connectivity index (χ1) is 14.9. The van der Waals surface area contributed by atoms with Gasteiger partial charge in [-0.1, -0.05) is 12.1 Å².